The fourth-order valence-corrected chi connectivity index (χ4v) is 0.805. The summed E-state index contributed by atoms with van der Waals surface area (Å²) in [5.41, 5.74) is 0. The molecule has 1 aliphatic heterocycles. The van der Waals surface area contributed by atoms with Crippen LogP contribution in [0.25, 0.3) is 0 Å². The first-order valence-corrected chi connectivity index (χ1v) is 2.99. The van der Waals surface area contributed by atoms with E-state index in [-0.39, 0.29) is 0 Å². The lowest BCUT2D eigenvalue weighted by Gasteiger charge is -2.00. The zero-order valence-electron chi connectivity index (χ0n) is 5.39. The fraction of sp³-hybridized carbons (Fsp3) is 0.667. The molecule has 48 valence electrons. The maximum atomic E-state index is 8.24. The van der Waals surface area contributed by atoms with Crippen LogP contribution in [0.2, 0.25) is 0 Å². The molecule has 0 aromatic heterocycles. The van der Waals surface area contributed by atoms with Crippen LogP contribution < -0.4 is 5.32 Å². The van der Waals surface area contributed by atoms with Crippen molar-refractivity contribution in [2.24, 2.45) is 4.99 Å². The minimum atomic E-state index is 0.421. The van der Waals surface area contributed by atoms with Crippen molar-refractivity contribution in [1.82, 2.24) is 5.32 Å². The molecule has 0 radical (unpaired) electrons. The third kappa shape index (κ3) is 1.43. The quantitative estimate of drug-likeness (QED) is 0.544. The molecule has 3 heteroatoms. The first-order chi connectivity index (χ1) is 4.33. The van der Waals surface area contributed by atoms with Gasteiger partial charge in [-0.15, -0.1) is 0 Å². The van der Waals surface area contributed by atoms with Gasteiger partial charge in [-0.3, -0.25) is 4.99 Å². The Kier molecular flexibility index (Phi) is 1.69. The zero-order chi connectivity index (χ0) is 6.69. The zero-order valence-corrected chi connectivity index (χ0v) is 5.39. The first-order valence-electron chi connectivity index (χ1n) is 2.99. The maximum absolute atomic E-state index is 8.24. The van der Waals surface area contributed by atoms with E-state index in [2.05, 4.69) is 10.3 Å². The second-order valence-corrected chi connectivity index (χ2v) is 2.17. The second-order valence-electron chi connectivity index (χ2n) is 2.17. The maximum Gasteiger partial charge on any atom is 0.111 e. The summed E-state index contributed by atoms with van der Waals surface area (Å²) in [6, 6.07) is 2.46. The predicted molar refractivity (Wildman–Crippen MR) is 35.1 cm³/mol. The lowest BCUT2D eigenvalue weighted by Crippen LogP contribution is -2.26. The van der Waals surface area contributed by atoms with Gasteiger partial charge in [-0.25, -0.2) is 0 Å². The summed E-state index contributed by atoms with van der Waals surface area (Å²) in [4.78, 5) is 4.09. The molecule has 1 heterocycles. The van der Waals surface area contributed by atoms with Gasteiger partial charge in [0.25, 0.3) is 0 Å². The molecule has 1 N–H and O–H groups in total. The monoisotopic (exact) mass is 123 g/mol. The van der Waals surface area contributed by atoms with Crippen LogP contribution in [0.1, 0.15) is 13.3 Å². The SMILES string of the molecule is C[C@H]1CN=C(CC#N)N1. The van der Waals surface area contributed by atoms with Gasteiger partial charge < -0.3 is 5.32 Å². The average molecular weight is 123 g/mol. The van der Waals surface area contributed by atoms with E-state index >= 15 is 0 Å². The Morgan fingerprint density at radius 1 is 2.00 bits per heavy atom. The van der Waals surface area contributed by atoms with Crippen LogP contribution in [0.5, 0.6) is 0 Å². The normalized spacial score (nSPS) is 24.4. The number of hydrogen-bond acceptors (Lipinski definition) is 3. The molecule has 1 aliphatic rings. The highest BCUT2D eigenvalue weighted by molar-refractivity contribution is 5.85. The number of hydrogen-bond donors (Lipinski definition) is 1. The molecular weight excluding hydrogens is 114 g/mol. The Morgan fingerprint density at radius 3 is 3.22 bits per heavy atom. The molecule has 0 saturated heterocycles. The van der Waals surface area contributed by atoms with Crippen LogP contribution in [0.3, 0.4) is 0 Å². The van der Waals surface area contributed by atoms with Crippen molar-refractivity contribution in [2.45, 2.75) is 19.4 Å². The molecule has 3 nitrogen and oxygen atoms in total. The number of aliphatic imine (C=N–C) groups is 1. The van der Waals surface area contributed by atoms with E-state index in [1.54, 1.807) is 0 Å². The summed E-state index contributed by atoms with van der Waals surface area (Å²) in [6.45, 7) is 2.87. The third-order valence-corrected chi connectivity index (χ3v) is 1.22. The van der Waals surface area contributed by atoms with E-state index in [0.717, 1.165) is 12.4 Å². The van der Waals surface area contributed by atoms with Gasteiger partial charge >= 0.3 is 0 Å². The Balaban J connectivity index is 2.38. The van der Waals surface area contributed by atoms with Crippen LogP contribution in [-0.4, -0.2) is 18.4 Å². The number of nitrogens with zero attached hydrogens (tertiary/aromatic N) is 2. The largest absolute Gasteiger partial charge is 0.369 e. The van der Waals surface area contributed by atoms with Crippen molar-refractivity contribution in [3.8, 4) is 6.07 Å². The molecule has 0 amide bonds. The lowest BCUT2D eigenvalue weighted by molar-refractivity contribution is 0.723. The molecule has 0 aromatic rings. The van der Waals surface area contributed by atoms with Gasteiger partial charge in [0.05, 0.1) is 19.0 Å². The lowest BCUT2D eigenvalue weighted by atomic mass is 10.3. The van der Waals surface area contributed by atoms with Crippen molar-refractivity contribution in [3.05, 3.63) is 0 Å². The molecule has 0 saturated carbocycles. The van der Waals surface area contributed by atoms with Gasteiger partial charge in [-0.05, 0) is 6.92 Å². The number of nitrogens with one attached hydrogen (secondary N) is 1. The molecule has 0 bridgehead atoms. The molecule has 0 spiro atoms. The van der Waals surface area contributed by atoms with E-state index in [9.17, 15) is 0 Å². The summed E-state index contributed by atoms with van der Waals surface area (Å²) in [7, 11) is 0. The van der Waals surface area contributed by atoms with Crippen molar-refractivity contribution in [1.29, 1.82) is 5.26 Å². The number of amidine groups is 1. The summed E-state index contributed by atoms with van der Waals surface area (Å²) >= 11 is 0. The van der Waals surface area contributed by atoms with Gasteiger partial charge in [0.15, 0.2) is 0 Å². The van der Waals surface area contributed by atoms with Gasteiger partial charge in [0.2, 0.25) is 0 Å². The van der Waals surface area contributed by atoms with E-state index < -0.39 is 0 Å². The molecule has 0 aromatic carbocycles. The van der Waals surface area contributed by atoms with E-state index in [1.165, 1.54) is 0 Å². The Bertz CT molecular complexity index is 166. The predicted octanol–water partition coefficient (Wildman–Crippen LogP) is 0.290. The highest BCUT2D eigenvalue weighted by Crippen LogP contribution is 1.95. The van der Waals surface area contributed by atoms with Crippen molar-refractivity contribution in [3.63, 3.8) is 0 Å². The summed E-state index contributed by atoms with van der Waals surface area (Å²) in [6.07, 6.45) is 0.421. The van der Waals surface area contributed by atoms with Crippen LogP contribution in [0.4, 0.5) is 0 Å². The van der Waals surface area contributed by atoms with Crippen molar-refractivity contribution in [2.75, 3.05) is 6.54 Å². The Hall–Kier alpha value is -1.04. The van der Waals surface area contributed by atoms with Crippen LogP contribution in [-0.2, 0) is 0 Å². The van der Waals surface area contributed by atoms with Gasteiger partial charge in [-0.2, -0.15) is 5.26 Å². The molecule has 0 fully saturated rings. The van der Waals surface area contributed by atoms with Crippen LogP contribution >= 0.6 is 0 Å². The van der Waals surface area contributed by atoms with Gasteiger partial charge in [0.1, 0.15) is 5.84 Å². The van der Waals surface area contributed by atoms with E-state index in [0.29, 0.717) is 12.5 Å². The van der Waals surface area contributed by atoms with E-state index in [4.69, 9.17) is 5.26 Å². The highest BCUT2D eigenvalue weighted by Gasteiger charge is 2.10. The van der Waals surface area contributed by atoms with Crippen molar-refractivity contribution >= 4 is 5.84 Å². The smallest absolute Gasteiger partial charge is 0.111 e. The minimum Gasteiger partial charge on any atom is -0.369 e. The molecule has 0 unspecified atom stereocenters. The van der Waals surface area contributed by atoms with E-state index in [1.807, 2.05) is 13.0 Å². The first kappa shape index (κ1) is 6.09. The average Bonchev–Trinajstić information content (AvgIpc) is 2.17. The Morgan fingerprint density at radius 2 is 2.78 bits per heavy atom. The van der Waals surface area contributed by atoms with Gasteiger partial charge in [0, 0.05) is 6.04 Å². The molecule has 1 atom stereocenters. The third-order valence-electron chi connectivity index (χ3n) is 1.22. The summed E-state index contributed by atoms with van der Waals surface area (Å²) < 4.78 is 0. The second kappa shape index (κ2) is 2.49. The molecule has 0 aliphatic carbocycles. The van der Waals surface area contributed by atoms with Crippen molar-refractivity contribution < 1.29 is 0 Å². The highest BCUT2D eigenvalue weighted by atomic mass is 15.1. The molecule has 1 rings (SSSR count). The fourth-order valence-electron chi connectivity index (χ4n) is 0.805. The molecule has 9 heavy (non-hydrogen) atoms. The molecular formula is C6H9N3. The number of nitriles is 1. The van der Waals surface area contributed by atoms with Gasteiger partial charge in [-0.1, -0.05) is 0 Å². The minimum absolute atomic E-state index is 0.421. The van der Waals surface area contributed by atoms with Crippen LogP contribution in [0, 0.1) is 11.3 Å². The summed E-state index contributed by atoms with van der Waals surface area (Å²) in [5.74, 6) is 0.838. The summed E-state index contributed by atoms with van der Waals surface area (Å²) in [5, 5.41) is 11.3. The topological polar surface area (TPSA) is 48.2 Å². The Labute approximate surface area is 54.4 Å². The standard InChI is InChI=1S/C6H9N3/c1-5-4-8-6(9-5)2-3-7/h5H,2,4H2,1H3,(H,8,9)/t5-/m0/s1. The number of rotatable bonds is 1. The van der Waals surface area contributed by atoms with Crippen LogP contribution in [0.15, 0.2) is 4.99 Å².